The molecule has 0 aliphatic rings. The zero-order valence-corrected chi connectivity index (χ0v) is 10.7. The van der Waals surface area contributed by atoms with Crippen molar-refractivity contribution in [2.45, 2.75) is 0 Å². The monoisotopic (exact) mass is 288 g/mol. The van der Waals surface area contributed by atoms with E-state index in [9.17, 15) is 20.2 Å². The molecule has 2 aromatic rings. The summed E-state index contributed by atoms with van der Waals surface area (Å²) in [6.07, 6.45) is 0. The lowest BCUT2D eigenvalue weighted by molar-refractivity contribution is -0.385. The highest BCUT2D eigenvalue weighted by Crippen LogP contribution is 2.20. The fourth-order valence-electron chi connectivity index (χ4n) is 1.54. The van der Waals surface area contributed by atoms with Gasteiger partial charge in [0.1, 0.15) is 11.5 Å². The highest BCUT2D eigenvalue weighted by atomic mass is 16.6. The molecule has 0 amide bonds. The Morgan fingerprint density at radius 2 is 1.24 bits per heavy atom. The molecule has 0 aliphatic carbocycles. The summed E-state index contributed by atoms with van der Waals surface area (Å²) in [6, 6.07) is 11.3. The first kappa shape index (κ1) is 14.3. The summed E-state index contributed by atoms with van der Waals surface area (Å²) < 4.78 is 10.4. The Labute approximate surface area is 119 Å². The molecule has 0 aromatic heterocycles. The van der Waals surface area contributed by atoms with Crippen LogP contribution in [0.3, 0.4) is 0 Å². The number of benzene rings is 2. The molecular weight excluding hydrogens is 279 g/mol. The molecule has 9 heteroatoms. The van der Waals surface area contributed by atoms with Gasteiger partial charge in [-0.25, -0.2) is 0 Å². The minimum absolute atomic E-state index is 0.0946. The summed E-state index contributed by atoms with van der Waals surface area (Å²) in [5.41, 5.74) is -0.189. The predicted molar refractivity (Wildman–Crippen MR) is 74.6 cm³/mol. The van der Waals surface area contributed by atoms with Crippen LogP contribution >= 0.6 is 0 Å². The van der Waals surface area contributed by atoms with Gasteiger partial charge < -0.3 is 9.31 Å². The first-order chi connectivity index (χ1) is 10.1. The van der Waals surface area contributed by atoms with Gasteiger partial charge in [0.25, 0.3) is 11.4 Å². The standard InChI is InChI=1S/C12H9BN2O6/c16-14(17)9-3-1-5-11(7-9)20-13-21-12-6-2-4-10(8-12)15(18)19/h1-8,13H. The van der Waals surface area contributed by atoms with E-state index < -0.39 is 9.85 Å². The highest BCUT2D eigenvalue weighted by Gasteiger charge is 2.09. The largest absolute Gasteiger partial charge is 0.576 e. The number of hydrogen-bond acceptors (Lipinski definition) is 6. The molecule has 8 nitrogen and oxygen atoms in total. The van der Waals surface area contributed by atoms with Gasteiger partial charge in [0.2, 0.25) is 0 Å². The molecule has 21 heavy (non-hydrogen) atoms. The molecule has 0 N–H and O–H groups in total. The number of nitro groups is 2. The van der Waals surface area contributed by atoms with Crippen LogP contribution < -0.4 is 9.31 Å². The Morgan fingerprint density at radius 1 is 0.810 bits per heavy atom. The van der Waals surface area contributed by atoms with E-state index in [0.717, 1.165) is 0 Å². The average molecular weight is 288 g/mol. The van der Waals surface area contributed by atoms with Crippen molar-refractivity contribution >= 4 is 19.1 Å². The molecule has 2 aromatic carbocycles. The van der Waals surface area contributed by atoms with E-state index in [2.05, 4.69) is 0 Å². The molecule has 0 heterocycles. The molecule has 0 saturated heterocycles. The minimum atomic E-state index is -0.533. The summed E-state index contributed by atoms with van der Waals surface area (Å²) in [6.45, 7) is 0. The summed E-state index contributed by atoms with van der Waals surface area (Å²) in [4.78, 5) is 20.1. The zero-order chi connectivity index (χ0) is 15.2. The SMILES string of the molecule is O=[N+]([O-])c1cccc(OBOc2cccc([N+](=O)[O-])c2)c1. The Hall–Kier alpha value is -3.10. The second-order valence-electron chi connectivity index (χ2n) is 3.92. The van der Waals surface area contributed by atoms with Crippen LogP contribution in [0.5, 0.6) is 11.5 Å². The molecule has 0 radical (unpaired) electrons. The van der Waals surface area contributed by atoms with Gasteiger partial charge in [0.15, 0.2) is 0 Å². The third-order valence-corrected chi connectivity index (χ3v) is 2.51. The van der Waals surface area contributed by atoms with Crippen molar-refractivity contribution in [3.8, 4) is 11.5 Å². The third kappa shape index (κ3) is 3.93. The fourth-order valence-corrected chi connectivity index (χ4v) is 1.54. The van der Waals surface area contributed by atoms with Gasteiger partial charge in [-0.05, 0) is 12.1 Å². The average Bonchev–Trinajstić information content (AvgIpc) is 2.48. The molecule has 0 aliphatic heterocycles. The smallest absolute Gasteiger partial charge is 0.528 e. The van der Waals surface area contributed by atoms with Crippen molar-refractivity contribution < 1.29 is 19.2 Å². The molecule has 0 bridgehead atoms. The maximum atomic E-state index is 10.6. The third-order valence-electron chi connectivity index (χ3n) is 2.51. The van der Waals surface area contributed by atoms with Crippen LogP contribution in [0.2, 0.25) is 0 Å². The van der Waals surface area contributed by atoms with Crippen molar-refractivity contribution in [1.29, 1.82) is 0 Å². The van der Waals surface area contributed by atoms with E-state index in [-0.39, 0.29) is 30.6 Å². The number of nitrogens with zero attached hydrogens (tertiary/aromatic N) is 2. The quantitative estimate of drug-likeness (QED) is 0.458. The maximum Gasteiger partial charge on any atom is 0.576 e. The van der Waals surface area contributed by atoms with E-state index in [1.807, 2.05) is 0 Å². The summed E-state index contributed by atoms with van der Waals surface area (Å²) >= 11 is 0. The van der Waals surface area contributed by atoms with E-state index >= 15 is 0 Å². The van der Waals surface area contributed by atoms with Gasteiger partial charge in [-0.1, -0.05) is 12.1 Å². The number of non-ortho nitro benzene ring substituents is 2. The Morgan fingerprint density at radius 3 is 1.62 bits per heavy atom. The van der Waals surface area contributed by atoms with Gasteiger partial charge in [0.05, 0.1) is 22.0 Å². The lowest BCUT2D eigenvalue weighted by Gasteiger charge is -2.07. The van der Waals surface area contributed by atoms with Crippen LogP contribution in [0.4, 0.5) is 11.4 Å². The van der Waals surface area contributed by atoms with E-state index in [1.54, 1.807) is 12.1 Å². The molecule has 0 fully saturated rings. The van der Waals surface area contributed by atoms with Crippen molar-refractivity contribution in [3.63, 3.8) is 0 Å². The fraction of sp³-hybridized carbons (Fsp3) is 0. The van der Waals surface area contributed by atoms with Crippen molar-refractivity contribution in [2.24, 2.45) is 0 Å². The lowest BCUT2D eigenvalue weighted by Crippen LogP contribution is -2.11. The second-order valence-corrected chi connectivity index (χ2v) is 3.92. The van der Waals surface area contributed by atoms with Crippen LogP contribution in [0.1, 0.15) is 0 Å². The summed E-state index contributed by atoms with van der Waals surface area (Å²) in [5.74, 6) is 0.546. The van der Waals surface area contributed by atoms with Gasteiger partial charge in [-0.2, -0.15) is 0 Å². The Balaban J connectivity index is 1.95. The maximum absolute atomic E-state index is 10.6. The van der Waals surface area contributed by atoms with Gasteiger partial charge in [-0.15, -0.1) is 0 Å². The zero-order valence-electron chi connectivity index (χ0n) is 10.7. The topological polar surface area (TPSA) is 105 Å². The van der Waals surface area contributed by atoms with Gasteiger partial charge in [0, 0.05) is 12.1 Å². The van der Waals surface area contributed by atoms with E-state index in [0.29, 0.717) is 0 Å². The van der Waals surface area contributed by atoms with Gasteiger partial charge in [-0.3, -0.25) is 20.2 Å². The molecule has 0 saturated carbocycles. The van der Waals surface area contributed by atoms with Crippen LogP contribution in [0, 0.1) is 20.2 Å². The van der Waals surface area contributed by atoms with Crippen LogP contribution in [-0.2, 0) is 0 Å². The molecule has 2 rings (SSSR count). The summed E-state index contributed by atoms with van der Waals surface area (Å²) in [5, 5.41) is 21.2. The van der Waals surface area contributed by atoms with E-state index in [4.69, 9.17) is 9.31 Å². The highest BCUT2D eigenvalue weighted by molar-refractivity contribution is 6.20. The van der Waals surface area contributed by atoms with Crippen LogP contribution in [0.25, 0.3) is 0 Å². The molecular formula is C12H9BN2O6. The lowest BCUT2D eigenvalue weighted by atomic mass is 10.2. The number of nitro benzene ring substituents is 2. The van der Waals surface area contributed by atoms with Crippen molar-refractivity contribution in [3.05, 3.63) is 68.8 Å². The summed E-state index contributed by atoms with van der Waals surface area (Å²) in [7, 11) is -0.220. The normalized spacial score (nSPS) is 9.71. The number of rotatable bonds is 6. The second kappa shape index (κ2) is 6.37. The molecule has 0 unspecified atom stereocenters. The van der Waals surface area contributed by atoms with E-state index in [1.165, 1.54) is 36.4 Å². The number of hydrogen-bond donors (Lipinski definition) is 0. The Bertz CT molecular complexity index is 621. The van der Waals surface area contributed by atoms with Crippen LogP contribution in [0.15, 0.2) is 48.5 Å². The van der Waals surface area contributed by atoms with Crippen LogP contribution in [-0.4, -0.2) is 17.5 Å². The molecule has 106 valence electrons. The first-order valence-electron chi connectivity index (χ1n) is 5.81. The van der Waals surface area contributed by atoms with Gasteiger partial charge >= 0.3 is 7.69 Å². The van der Waals surface area contributed by atoms with Crippen molar-refractivity contribution in [1.82, 2.24) is 0 Å². The van der Waals surface area contributed by atoms with Crippen molar-refractivity contribution in [2.75, 3.05) is 0 Å². The minimum Gasteiger partial charge on any atom is -0.528 e. The predicted octanol–water partition coefficient (Wildman–Crippen LogP) is 2.23. The Kier molecular flexibility index (Phi) is 4.34. The molecule has 0 spiro atoms. The molecule has 0 atom stereocenters. The first-order valence-corrected chi connectivity index (χ1v) is 5.81.